The predicted octanol–water partition coefficient (Wildman–Crippen LogP) is 2.24. The lowest BCUT2D eigenvalue weighted by molar-refractivity contribution is -0.384. The highest BCUT2D eigenvalue weighted by atomic mass is 19.4. The first kappa shape index (κ1) is 15.9. The number of carbonyl (C=O) groups is 1. The molecule has 110 valence electrons. The third-order valence-electron chi connectivity index (χ3n) is 2.37. The number of non-ortho nitro benzene ring substituents is 1. The summed E-state index contributed by atoms with van der Waals surface area (Å²) >= 11 is 0. The van der Waals surface area contributed by atoms with Crippen LogP contribution in [0, 0.1) is 10.1 Å². The van der Waals surface area contributed by atoms with Crippen molar-refractivity contribution in [3.05, 3.63) is 34.4 Å². The number of halogens is 3. The number of anilines is 1. The quantitative estimate of drug-likeness (QED) is 0.657. The molecule has 9 heteroatoms. The number of amides is 1. The average molecular weight is 292 g/mol. The highest BCUT2D eigenvalue weighted by molar-refractivity contribution is 5.96. The Balaban J connectivity index is 2.77. The lowest BCUT2D eigenvalue weighted by Gasteiger charge is -2.23. The van der Waals surface area contributed by atoms with Crippen LogP contribution in [0.3, 0.4) is 0 Å². The van der Waals surface area contributed by atoms with E-state index in [1.807, 2.05) is 0 Å². The van der Waals surface area contributed by atoms with Gasteiger partial charge in [-0.2, -0.15) is 13.2 Å². The first-order valence-corrected chi connectivity index (χ1v) is 5.36. The van der Waals surface area contributed by atoms with Crippen molar-refractivity contribution in [3.63, 3.8) is 0 Å². The minimum Gasteiger partial charge on any atom is -0.380 e. The van der Waals surface area contributed by atoms with Gasteiger partial charge in [-0.25, -0.2) is 0 Å². The number of benzene rings is 1. The Labute approximate surface area is 111 Å². The number of aliphatic hydroxyl groups is 1. The summed E-state index contributed by atoms with van der Waals surface area (Å²) in [4.78, 5) is 21.3. The fourth-order valence-corrected chi connectivity index (χ4v) is 1.40. The summed E-state index contributed by atoms with van der Waals surface area (Å²) in [5.41, 5.74) is -2.81. The van der Waals surface area contributed by atoms with Gasteiger partial charge < -0.3 is 10.4 Å². The normalized spacial score (nSPS) is 14.4. The molecule has 0 spiro atoms. The van der Waals surface area contributed by atoms with Crippen LogP contribution in [0.4, 0.5) is 24.5 Å². The molecule has 0 radical (unpaired) electrons. The van der Waals surface area contributed by atoms with Crippen molar-refractivity contribution < 1.29 is 28.0 Å². The van der Waals surface area contributed by atoms with Gasteiger partial charge in [0.25, 0.3) is 11.6 Å². The lowest BCUT2D eigenvalue weighted by atomic mass is 10.0. The fraction of sp³-hybridized carbons (Fsp3) is 0.364. The van der Waals surface area contributed by atoms with Gasteiger partial charge in [-0.15, -0.1) is 0 Å². The highest BCUT2D eigenvalue weighted by Crippen LogP contribution is 2.28. The van der Waals surface area contributed by atoms with Crippen LogP contribution < -0.4 is 5.32 Å². The van der Waals surface area contributed by atoms with Gasteiger partial charge in [-0.1, -0.05) is 0 Å². The van der Waals surface area contributed by atoms with E-state index >= 15 is 0 Å². The minimum atomic E-state index is -4.70. The van der Waals surface area contributed by atoms with Crippen LogP contribution in [0.2, 0.25) is 0 Å². The molecule has 0 fully saturated rings. The second-order valence-electron chi connectivity index (χ2n) is 4.32. The summed E-state index contributed by atoms with van der Waals surface area (Å²) in [6.07, 6.45) is -6.39. The van der Waals surface area contributed by atoms with Crippen molar-refractivity contribution in [2.75, 3.05) is 5.32 Å². The van der Waals surface area contributed by atoms with Gasteiger partial charge in [0.1, 0.15) is 5.60 Å². The number of rotatable bonds is 4. The van der Waals surface area contributed by atoms with Crippen LogP contribution in [0.15, 0.2) is 24.3 Å². The first-order chi connectivity index (χ1) is 9.01. The van der Waals surface area contributed by atoms with Crippen LogP contribution in [0.1, 0.15) is 13.3 Å². The molecular formula is C11H11F3N2O4. The van der Waals surface area contributed by atoms with Gasteiger partial charge in [0.2, 0.25) is 0 Å². The molecule has 1 atom stereocenters. The standard InChI is InChI=1S/C11H11F3N2O4/c1-10(18,6-11(12,13)14)9(17)15-7-2-4-8(5-3-7)16(19)20/h2-5,18H,6H2,1H3,(H,15,17). The topological polar surface area (TPSA) is 92.5 Å². The fourth-order valence-electron chi connectivity index (χ4n) is 1.40. The number of carbonyl (C=O) groups excluding carboxylic acids is 1. The van der Waals surface area contributed by atoms with Crippen LogP contribution in [0.5, 0.6) is 0 Å². The molecule has 0 saturated heterocycles. The SMILES string of the molecule is CC(O)(CC(F)(F)F)C(=O)Nc1ccc([N+](=O)[O-])cc1. The average Bonchev–Trinajstić information content (AvgIpc) is 2.26. The zero-order valence-electron chi connectivity index (χ0n) is 10.3. The van der Waals surface area contributed by atoms with Gasteiger partial charge >= 0.3 is 6.18 Å². The zero-order chi connectivity index (χ0) is 15.6. The molecular weight excluding hydrogens is 281 g/mol. The summed E-state index contributed by atoms with van der Waals surface area (Å²) in [7, 11) is 0. The van der Waals surface area contributed by atoms with Gasteiger partial charge in [-0.3, -0.25) is 14.9 Å². The van der Waals surface area contributed by atoms with Crippen LogP contribution in [-0.4, -0.2) is 27.7 Å². The molecule has 1 aromatic carbocycles. The Morgan fingerprint density at radius 2 is 1.85 bits per heavy atom. The number of hydrogen-bond donors (Lipinski definition) is 2. The Kier molecular flexibility index (Phi) is 4.33. The smallest absolute Gasteiger partial charge is 0.380 e. The monoisotopic (exact) mass is 292 g/mol. The Morgan fingerprint density at radius 1 is 1.35 bits per heavy atom. The maximum Gasteiger partial charge on any atom is 0.392 e. The van der Waals surface area contributed by atoms with E-state index in [-0.39, 0.29) is 11.4 Å². The van der Waals surface area contributed by atoms with E-state index in [1.165, 1.54) is 0 Å². The van der Waals surface area contributed by atoms with Gasteiger partial charge in [0, 0.05) is 17.8 Å². The first-order valence-electron chi connectivity index (χ1n) is 5.36. The van der Waals surface area contributed by atoms with Gasteiger partial charge in [0.05, 0.1) is 11.3 Å². The van der Waals surface area contributed by atoms with Gasteiger partial charge in [-0.05, 0) is 19.1 Å². The third kappa shape index (κ3) is 4.50. The van der Waals surface area contributed by atoms with Crippen LogP contribution in [0.25, 0.3) is 0 Å². The number of alkyl halides is 3. The maximum atomic E-state index is 12.2. The molecule has 0 bridgehead atoms. The van der Waals surface area contributed by atoms with Crippen molar-refractivity contribution in [1.82, 2.24) is 0 Å². The molecule has 20 heavy (non-hydrogen) atoms. The summed E-state index contributed by atoms with van der Waals surface area (Å²) in [5, 5.41) is 21.9. The van der Waals surface area contributed by atoms with E-state index < -0.39 is 29.0 Å². The van der Waals surface area contributed by atoms with Crippen molar-refractivity contribution in [2.24, 2.45) is 0 Å². The molecule has 0 aliphatic carbocycles. The molecule has 0 aromatic heterocycles. The van der Waals surface area contributed by atoms with E-state index in [1.54, 1.807) is 0 Å². The number of nitrogens with zero attached hydrogens (tertiary/aromatic N) is 1. The number of nitrogens with one attached hydrogen (secondary N) is 1. The second kappa shape index (κ2) is 5.45. The predicted molar refractivity (Wildman–Crippen MR) is 63.0 cm³/mol. The van der Waals surface area contributed by atoms with E-state index in [4.69, 9.17) is 0 Å². The van der Waals surface area contributed by atoms with Crippen LogP contribution in [-0.2, 0) is 4.79 Å². The minimum absolute atomic E-state index is 0.0445. The summed E-state index contributed by atoms with van der Waals surface area (Å²) in [6.45, 7) is 0.737. The summed E-state index contributed by atoms with van der Waals surface area (Å²) < 4.78 is 36.5. The molecule has 0 saturated carbocycles. The van der Waals surface area contributed by atoms with Gasteiger partial charge in [0.15, 0.2) is 0 Å². The summed E-state index contributed by atoms with van der Waals surface area (Å²) in [5.74, 6) is -1.25. The molecule has 2 N–H and O–H groups in total. The molecule has 1 rings (SSSR count). The van der Waals surface area contributed by atoms with Crippen molar-refractivity contribution in [2.45, 2.75) is 25.1 Å². The van der Waals surface area contributed by atoms with E-state index in [0.29, 0.717) is 0 Å². The maximum absolute atomic E-state index is 12.2. The van der Waals surface area contributed by atoms with Crippen molar-refractivity contribution >= 4 is 17.3 Å². The Morgan fingerprint density at radius 3 is 2.25 bits per heavy atom. The molecule has 1 amide bonds. The Bertz CT molecular complexity index is 511. The highest BCUT2D eigenvalue weighted by Gasteiger charge is 2.43. The summed E-state index contributed by atoms with van der Waals surface area (Å²) in [6, 6.07) is 4.46. The van der Waals surface area contributed by atoms with E-state index in [9.17, 15) is 33.2 Å². The zero-order valence-corrected chi connectivity index (χ0v) is 10.3. The number of nitro groups is 1. The third-order valence-corrected chi connectivity index (χ3v) is 2.37. The largest absolute Gasteiger partial charge is 0.392 e. The van der Waals surface area contributed by atoms with Crippen LogP contribution >= 0.6 is 0 Å². The number of nitro benzene ring substituents is 1. The second-order valence-corrected chi connectivity index (χ2v) is 4.32. The lowest BCUT2D eigenvalue weighted by Crippen LogP contribution is -2.43. The molecule has 0 aliphatic rings. The molecule has 6 nitrogen and oxygen atoms in total. The number of hydrogen-bond acceptors (Lipinski definition) is 4. The Hall–Kier alpha value is -2.16. The molecule has 1 aromatic rings. The molecule has 0 heterocycles. The van der Waals surface area contributed by atoms with E-state index in [2.05, 4.69) is 5.32 Å². The van der Waals surface area contributed by atoms with Crippen molar-refractivity contribution in [3.8, 4) is 0 Å². The van der Waals surface area contributed by atoms with E-state index in [0.717, 1.165) is 31.2 Å². The molecule has 0 aliphatic heterocycles. The van der Waals surface area contributed by atoms with Crippen molar-refractivity contribution in [1.29, 1.82) is 0 Å². The molecule has 1 unspecified atom stereocenters.